The Morgan fingerprint density at radius 2 is 2.00 bits per heavy atom. The van der Waals surface area contributed by atoms with Gasteiger partial charge in [-0.3, -0.25) is 4.79 Å². The fraction of sp³-hybridized carbons (Fsp3) is 0.667. The third kappa shape index (κ3) is 3.34. The summed E-state index contributed by atoms with van der Waals surface area (Å²) in [5.41, 5.74) is -1.65. The number of carboxylic acid groups (broad SMARTS) is 1. The van der Waals surface area contributed by atoms with E-state index in [0.717, 1.165) is 12.8 Å². The first-order chi connectivity index (χ1) is 9.90. The van der Waals surface area contributed by atoms with Gasteiger partial charge in [-0.2, -0.15) is 0 Å². The van der Waals surface area contributed by atoms with E-state index in [1.807, 2.05) is 0 Å². The number of hydrogen-bond donors (Lipinski definition) is 1. The molecule has 7 nitrogen and oxygen atoms in total. The highest BCUT2D eigenvalue weighted by molar-refractivity contribution is 5.86. The van der Waals surface area contributed by atoms with Gasteiger partial charge in [0.25, 0.3) is 6.43 Å². The number of alkyl halides is 2. The van der Waals surface area contributed by atoms with Crippen molar-refractivity contribution in [3.63, 3.8) is 0 Å². The van der Waals surface area contributed by atoms with Crippen LogP contribution in [0.15, 0.2) is 0 Å². The Labute approximate surface area is 119 Å². The smallest absolute Gasteiger partial charge is 0.358 e. The van der Waals surface area contributed by atoms with Crippen molar-refractivity contribution in [1.29, 1.82) is 0 Å². The molecule has 2 rings (SSSR count). The minimum Gasteiger partial charge on any atom is -0.476 e. The molecule has 1 aliphatic rings. The lowest BCUT2D eigenvalue weighted by atomic mass is 9.99. The highest BCUT2D eigenvalue weighted by Crippen LogP contribution is 2.22. The monoisotopic (exact) mass is 302 g/mol. The molecule has 0 radical (unpaired) electrons. The van der Waals surface area contributed by atoms with Gasteiger partial charge in [-0.1, -0.05) is 12.1 Å². The van der Waals surface area contributed by atoms with E-state index in [1.54, 1.807) is 4.90 Å². The first-order valence-corrected chi connectivity index (χ1v) is 6.62. The minimum absolute atomic E-state index is 0.356. The van der Waals surface area contributed by atoms with Gasteiger partial charge in [0.05, 0.1) is 0 Å². The molecule has 1 aromatic rings. The van der Waals surface area contributed by atoms with E-state index < -0.39 is 30.3 Å². The molecule has 0 aliphatic carbocycles. The van der Waals surface area contributed by atoms with E-state index in [4.69, 9.17) is 5.11 Å². The number of carboxylic acids is 1. The zero-order valence-corrected chi connectivity index (χ0v) is 11.5. The third-order valence-electron chi connectivity index (χ3n) is 3.60. The number of aromatic carboxylic acids is 1. The molecule has 1 aromatic heterocycles. The largest absolute Gasteiger partial charge is 0.476 e. The number of likely N-dealkylation sites (tertiary alicyclic amines) is 1. The number of carbonyl (C=O) groups is 2. The maximum atomic E-state index is 12.9. The Morgan fingerprint density at radius 3 is 2.52 bits per heavy atom. The molecule has 1 N–H and O–H groups in total. The zero-order valence-electron chi connectivity index (χ0n) is 11.5. The topological polar surface area (TPSA) is 88.3 Å². The summed E-state index contributed by atoms with van der Waals surface area (Å²) in [6.45, 7) is 2.82. The predicted octanol–water partition coefficient (Wildman–Crippen LogP) is 1.17. The van der Waals surface area contributed by atoms with Gasteiger partial charge in [0, 0.05) is 13.1 Å². The van der Waals surface area contributed by atoms with E-state index in [0.29, 0.717) is 23.7 Å². The number of rotatable bonds is 4. The van der Waals surface area contributed by atoms with Crippen LogP contribution in [-0.2, 0) is 11.3 Å². The number of amides is 1. The van der Waals surface area contributed by atoms with Gasteiger partial charge in [-0.25, -0.2) is 18.3 Å². The lowest BCUT2D eigenvalue weighted by Gasteiger charge is -2.30. The van der Waals surface area contributed by atoms with E-state index in [9.17, 15) is 18.4 Å². The molecule has 1 fully saturated rings. The van der Waals surface area contributed by atoms with Crippen LogP contribution in [0.1, 0.15) is 42.4 Å². The molecule has 1 amide bonds. The first kappa shape index (κ1) is 15.3. The molecular weight excluding hydrogens is 286 g/mol. The summed E-state index contributed by atoms with van der Waals surface area (Å²) >= 11 is 0. The van der Waals surface area contributed by atoms with Crippen molar-refractivity contribution in [2.45, 2.75) is 32.7 Å². The summed E-state index contributed by atoms with van der Waals surface area (Å²) in [4.78, 5) is 24.5. The van der Waals surface area contributed by atoms with Crippen LogP contribution in [0.25, 0.3) is 0 Å². The van der Waals surface area contributed by atoms with Crippen LogP contribution in [0.3, 0.4) is 0 Å². The molecule has 0 aromatic carbocycles. The summed E-state index contributed by atoms with van der Waals surface area (Å²) in [6.07, 6.45) is -1.32. The molecular formula is C12H16F2N4O3. The highest BCUT2D eigenvalue weighted by atomic mass is 19.3. The van der Waals surface area contributed by atoms with Crippen molar-refractivity contribution < 1.29 is 23.5 Å². The van der Waals surface area contributed by atoms with Crippen LogP contribution in [-0.4, -0.2) is 50.0 Å². The van der Waals surface area contributed by atoms with Gasteiger partial charge < -0.3 is 10.0 Å². The number of carbonyl (C=O) groups excluding carboxylic acids is 1. The fourth-order valence-electron chi connectivity index (χ4n) is 2.29. The van der Waals surface area contributed by atoms with Crippen molar-refractivity contribution in [1.82, 2.24) is 19.9 Å². The molecule has 0 atom stereocenters. The Kier molecular flexibility index (Phi) is 4.49. The van der Waals surface area contributed by atoms with E-state index in [1.165, 1.54) is 0 Å². The highest BCUT2D eigenvalue weighted by Gasteiger charge is 2.28. The Balaban J connectivity index is 2.12. The summed E-state index contributed by atoms with van der Waals surface area (Å²) in [5, 5.41) is 15.4. The average Bonchev–Trinajstić information content (AvgIpc) is 2.83. The van der Waals surface area contributed by atoms with Crippen molar-refractivity contribution in [3.8, 4) is 0 Å². The summed E-state index contributed by atoms with van der Waals surface area (Å²) in [5.74, 6) is -1.41. The Morgan fingerprint density at radius 1 is 1.38 bits per heavy atom. The van der Waals surface area contributed by atoms with E-state index in [2.05, 4.69) is 17.2 Å². The van der Waals surface area contributed by atoms with Gasteiger partial charge in [0.2, 0.25) is 5.91 Å². The summed E-state index contributed by atoms with van der Waals surface area (Å²) < 4.78 is 26.5. The number of hydrogen-bond acceptors (Lipinski definition) is 4. The van der Waals surface area contributed by atoms with Crippen molar-refractivity contribution >= 4 is 11.9 Å². The summed E-state index contributed by atoms with van der Waals surface area (Å²) in [7, 11) is 0. The SMILES string of the molecule is CC1CCN(C(=O)Cn2nnc(C(=O)O)c2C(F)F)CC1. The van der Waals surface area contributed by atoms with Gasteiger partial charge in [0.15, 0.2) is 5.69 Å². The normalized spacial score (nSPS) is 16.5. The number of aromatic nitrogens is 3. The molecule has 0 saturated carbocycles. The molecule has 21 heavy (non-hydrogen) atoms. The Bertz CT molecular complexity index is 539. The van der Waals surface area contributed by atoms with Gasteiger partial charge in [-0.15, -0.1) is 5.10 Å². The van der Waals surface area contributed by atoms with Crippen molar-refractivity contribution in [3.05, 3.63) is 11.4 Å². The van der Waals surface area contributed by atoms with Crippen LogP contribution in [0.4, 0.5) is 8.78 Å². The standard InChI is InChI=1S/C12H16F2N4O3/c1-7-2-4-17(5-3-7)8(19)6-18-10(11(13)14)9(12(20)21)15-16-18/h7,11H,2-6H2,1H3,(H,20,21). The number of halogens is 2. The molecule has 116 valence electrons. The molecule has 9 heteroatoms. The first-order valence-electron chi connectivity index (χ1n) is 6.62. The van der Waals surface area contributed by atoms with Crippen molar-refractivity contribution in [2.24, 2.45) is 5.92 Å². The maximum absolute atomic E-state index is 12.9. The second kappa shape index (κ2) is 6.15. The number of piperidine rings is 1. The van der Waals surface area contributed by atoms with Crippen LogP contribution in [0, 0.1) is 5.92 Å². The molecule has 0 spiro atoms. The predicted molar refractivity (Wildman–Crippen MR) is 66.9 cm³/mol. The van der Waals surface area contributed by atoms with E-state index >= 15 is 0 Å². The van der Waals surface area contributed by atoms with Gasteiger partial charge >= 0.3 is 5.97 Å². The molecule has 0 unspecified atom stereocenters. The second-order valence-corrected chi connectivity index (χ2v) is 5.15. The number of nitrogens with zero attached hydrogens (tertiary/aromatic N) is 4. The van der Waals surface area contributed by atoms with Crippen LogP contribution in [0.2, 0.25) is 0 Å². The lowest BCUT2D eigenvalue weighted by molar-refractivity contribution is -0.133. The molecule has 1 saturated heterocycles. The van der Waals surface area contributed by atoms with Gasteiger partial charge in [-0.05, 0) is 18.8 Å². The van der Waals surface area contributed by atoms with Gasteiger partial charge in [0.1, 0.15) is 12.2 Å². The zero-order chi connectivity index (χ0) is 15.6. The quantitative estimate of drug-likeness (QED) is 0.902. The molecule has 1 aliphatic heterocycles. The Hall–Kier alpha value is -2.06. The maximum Gasteiger partial charge on any atom is 0.358 e. The molecule has 0 bridgehead atoms. The fourth-order valence-corrected chi connectivity index (χ4v) is 2.29. The van der Waals surface area contributed by atoms with E-state index in [-0.39, 0.29) is 5.91 Å². The molecule has 2 heterocycles. The van der Waals surface area contributed by atoms with Crippen LogP contribution < -0.4 is 0 Å². The van der Waals surface area contributed by atoms with Crippen molar-refractivity contribution in [2.75, 3.05) is 13.1 Å². The summed E-state index contributed by atoms with van der Waals surface area (Å²) in [6, 6.07) is 0. The third-order valence-corrected chi connectivity index (χ3v) is 3.60. The average molecular weight is 302 g/mol. The van der Waals surface area contributed by atoms with Crippen LogP contribution in [0.5, 0.6) is 0 Å². The minimum atomic E-state index is -3.06. The van der Waals surface area contributed by atoms with Crippen LogP contribution >= 0.6 is 0 Å². The second-order valence-electron chi connectivity index (χ2n) is 5.15. The lowest BCUT2D eigenvalue weighted by Crippen LogP contribution is -2.40.